The molecule has 1 aliphatic rings. The van der Waals surface area contributed by atoms with Crippen LogP contribution in [0.5, 0.6) is 0 Å². The molecule has 0 aliphatic heterocycles. The molecule has 1 heteroatoms. The molecule has 0 bridgehead atoms. The molecule has 3 aromatic rings. The maximum Gasteiger partial charge on any atom is 0.138 e. The van der Waals surface area contributed by atoms with E-state index in [4.69, 9.17) is 0 Å². The third-order valence-corrected chi connectivity index (χ3v) is 8.44. The van der Waals surface area contributed by atoms with Crippen LogP contribution in [0.1, 0.15) is 95.1 Å². The van der Waals surface area contributed by atoms with E-state index in [0.717, 1.165) is 47.4 Å². The van der Waals surface area contributed by atoms with Gasteiger partial charge in [0, 0.05) is 10.9 Å². The fraction of sp³-hybridized carbons (Fsp3) is 0.486. The molecule has 0 unspecified atom stereocenters. The molecule has 0 saturated heterocycles. The largest absolute Gasteiger partial charge is 0.206 e. The minimum atomic E-state index is -0.106. The minimum Gasteiger partial charge on any atom is -0.206 e. The highest BCUT2D eigenvalue weighted by atomic mass is 19.1. The van der Waals surface area contributed by atoms with Crippen LogP contribution in [0, 0.1) is 17.7 Å². The SMILES string of the molecule is C=CCCc1ccc(-c2ccc3cc(CCC4CCC(CCCCCCC)CC4)ccc3c2F)cc1. The van der Waals surface area contributed by atoms with Crippen molar-refractivity contribution in [2.24, 2.45) is 11.8 Å². The maximum atomic E-state index is 15.4. The van der Waals surface area contributed by atoms with Crippen molar-refractivity contribution >= 4 is 10.8 Å². The highest BCUT2D eigenvalue weighted by molar-refractivity contribution is 5.88. The lowest BCUT2D eigenvalue weighted by atomic mass is 9.77. The van der Waals surface area contributed by atoms with E-state index in [1.165, 1.54) is 81.8 Å². The Bertz CT molecular complexity index is 1090. The molecule has 1 saturated carbocycles. The molecule has 36 heavy (non-hydrogen) atoms. The summed E-state index contributed by atoms with van der Waals surface area (Å²) in [5.74, 6) is 1.74. The van der Waals surface area contributed by atoms with Gasteiger partial charge in [-0.15, -0.1) is 6.58 Å². The van der Waals surface area contributed by atoms with Gasteiger partial charge in [-0.05, 0) is 59.6 Å². The van der Waals surface area contributed by atoms with Crippen molar-refractivity contribution in [3.05, 3.63) is 84.2 Å². The average Bonchev–Trinajstić information content (AvgIpc) is 2.92. The Hall–Kier alpha value is -2.41. The second-order valence-corrected chi connectivity index (χ2v) is 11.1. The molecule has 0 atom stereocenters. The summed E-state index contributed by atoms with van der Waals surface area (Å²) in [6, 6.07) is 18.7. The predicted octanol–water partition coefficient (Wildman–Crippen LogP) is 10.9. The number of halogens is 1. The summed E-state index contributed by atoms with van der Waals surface area (Å²) in [4.78, 5) is 0. The van der Waals surface area contributed by atoms with Crippen molar-refractivity contribution in [1.82, 2.24) is 0 Å². The van der Waals surface area contributed by atoms with E-state index in [1.54, 1.807) is 0 Å². The Morgan fingerprint density at radius 3 is 2.19 bits per heavy atom. The summed E-state index contributed by atoms with van der Waals surface area (Å²) in [6.07, 6.45) is 20.4. The Morgan fingerprint density at radius 1 is 0.778 bits per heavy atom. The van der Waals surface area contributed by atoms with E-state index in [-0.39, 0.29) is 5.82 Å². The summed E-state index contributed by atoms with van der Waals surface area (Å²) in [6.45, 7) is 6.08. The Labute approximate surface area is 219 Å². The van der Waals surface area contributed by atoms with E-state index in [0.29, 0.717) is 5.56 Å². The number of hydrogen-bond acceptors (Lipinski definition) is 0. The van der Waals surface area contributed by atoms with Crippen molar-refractivity contribution in [2.75, 3.05) is 0 Å². The summed E-state index contributed by atoms with van der Waals surface area (Å²) in [5, 5.41) is 1.74. The molecule has 0 aromatic heterocycles. The third kappa shape index (κ3) is 7.31. The van der Waals surface area contributed by atoms with Crippen molar-refractivity contribution in [3.63, 3.8) is 0 Å². The molecule has 3 aromatic carbocycles. The van der Waals surface area contributed by atoms with E-state index in [2.05, 4.69) is 43.8 Å². The first-order chi connectivity index (χ1) is 17.7. The summed E-state index contributed by atoms with van der Waals surface area (Å²) < 4.78 is 15.4. The van der Waals surface area contributed by atoms with Gasteiger partial charge in [0.05, 0.1) is 0 Å². The molecule has 0 spiro atoms. The first-order valence-corrected chi connectivity index (χ1v) is 14.6. The third-order valence-electron chi connectivity index (χ3n) is 8.44. The number of fused-ring (bicyclic) bond motifs is 1. The van der Waals surface area contributed by atoms with Crippen LogP contribution in [-0.2, 0) is 12.8 Å². The normalized spacial score (nSPS) is 17.9. The summed E-state index contributed by atoms with van der Waals surface area (Å²) in [5.41, 5.74) is 4.24. The standard InChI is InChI=1S/C35H45F/c1-3-5-7-8-9-11-28-12-14-29(15-13-28)16-17-30-20-24-34-32(26-30)23-25-33(35(34)36)31-21-18-27(19-22-31)10-6-4-2/h4,18-26,28-29H,2-3,5-17H2,1H3. The Morgan fingerprint density at radius 2 is 1.47 bits per heavy atom. The molecule has 0 heterocycles. The van der Waals surface area contributed by atoms with Gasteiger partial charge < -0.3 is 0 Å². The number of aryl methyl sites for hydroxylation is 2. The first-order valence-electron chi connectivity index (χ1n) is 14.6. The number of unbranched alkanes of at least 4 members (excludes halogenated alkanes) is 4. The zero-order valence-corrected chi connectivity index (χ0v) is 22.4. The smallest absolute Gasteiger partial charge is 0.138 e. The Kier molecular flexibility index (Phi) is 10.2. The fourth-order valence-corrected chi connectivity index (χ4v) is 6.06. The number of benzene rings is 3. The second-order valence-electron chi connectivity index (χ2n) is 11.1. The molecule has 192 valence electrons. The lowest BCUT2D eigenvalue weighted by Gasteiger charge is -2.28. The van der Waals surface area contributed by atoms with Crippen LogP contribution in [-0.4, -0.2) is 0 Å². The maximum absolute atomic E-state index is 15.4. The van der Waals surface area contributed by atoms with Gasteiger partial charge in [0.2, 0.25) is 0 Å². The molecule has 0 N–H and O–H groups in total. The van der Waals surface area contributed by atoms with Crippen LogP contribution < -0.4 is 0 Å². The highest BCUT2D eigenvalue weighted by Gasteiger charge is 2.21. The van der Waals surface area contributed by atoms with Crippen LogP contribution in [0.4, 0.5) is 4.39 Å². The second kappa shape index (κ2) is 13.8. The molecule has 4 rings (SSSR count). The molecule has 1 aliphatic carbocycles. The molecular formula is C35H45F. The van der Waals surface area contributed by atoms with Gasteiger partial charge in [-0.1, -0.05) is 132 Å². The lowest BCUT2D eigenvalue weighted by Crippen LogP contribution is -2.15. The molecule has 0 nitrogen and oxygen atoms in total. The van der Waals surface area contributed by atoms with E-state index < -0.39 is 0 Å². The topological polar surface area (TPSA) is 0 Å². The average molecular weight is 485 g/mol. The number of rotatable bonds is 13. The van der Waals surface area contributed by atoms with E-state index in [9.17, 15) is 0 Å². The highest BCUT2D eigenvalue weighted by Crippen LogP contribution is 2.35. The summed E-state index contributed by atoms with van der Waals surface area (Å²) in [7, 11) is 0. The van der Waals surface area contributed by atoms with Crippen LogP contribution in [0.25, 0.3) is 21.9 Å². The molecular weight excluding hydrogens is 439 g/mol. The van der Waals surface area contributed by atoms with Crippen molar-refractivity contribution in [3.8, 4) is 11.1 Å². The van der Waals surface area contributed by atoms with Gasteiger partial charge in [0.25, 0.3) is 0 Å². The van der Waals surface area contributed by atoms with Crippen LogP contribution >= 0.6 is 0 Å². The van der Waals surface area contributed by atoms with E-state index in [1.807, 2.05) is 30.3 Å². The quantitative estimate of drug-likeness (QED) is 0.167. The first kappa shape index (κ1) is 26.6. The van der Waals surface area contributed by atoms with Crippen LogP contribution in [0.2, 0.25) is 0 Å². The van der Waals surface area contributed by atoms with Crippen molar-refractivity contribution in [1.29, 1.82) is 0 Å². The Balaban J connectivity index is 1.30. The van der Waals surface area contributed by atoms with Gasteiger partial charge >= 0.3 is 0 Å². The molecule has 1 fully saturated rings. The lowest BCUT2D eigenvalue weighted by molar-refractivity contribution is 0.249. The van der Waals surface area contributed by atoms with E-state index >= 15 is 4.39 Å². The monoisotopic (exact) mass is 484 g/mol. The summed E-state index contributed by atoms with van der Waals surface area (Å²) >= 11 is 0. The molecule has 0 radical (unpaired) electrons. The van der Waals surface area contributed by atoms with Gasteiger partial charge in [-0.25, -0.2) is 4.39 Å². The number of hydrogen-bond donors (Lipinski definition) is 0. The minimum absolute atomic E-state index is 0.106. The van der Waals surface area contributed by atoms with Crippen molar-refractivity contribution in [2.45, 2.75) is 96.8 Å². The van der Waals surface area contributed by atoms with Crippen LogP contribution in [0.15, 0.2) is 67.3 Å². The zero-order valence-electron chi connectivity index (χ0n) is 22.4. The van der Waals surface area contributed by atoms with Crippen LogP contribution in [0.3, 0.4) is 0 Å². The van der Waals surface area contributed by atoms with Crippen molar-refractivity contribution < 1.29 is 4.39 Å². The zero-order chi connectivity index (χ0) is 25.2. The van der Waals surface area contributed by atoms with Gasteiger partial charge in [-0.2, -0.15) is 0 Å². The van der Waals surface area contributed by atoms with Gasteiger partial charge in [-0.3, -0.25) is 0 Å². The van der Waals surface area contributed by atoms with Gasteiger partial charge in [0.15, 0.2) is 0 Å². The number of allylic oxidation sites excluding steroid dienone is 1. The van der Waals surface area contributed by atoms with Gasteiger partial charge in [0.1, 0.15) is 5.82 Å². The fourth-order valence-electron chi connectivity index (χ4n) is 6.06. The predicted molar refractivity (Wildman–Crippen MR) is 155 cm³/mol. The molecule has 0 amide bonds.